The van der Waals surface area contributed by atoms with E-state index in [2.05, 4.69) is 10.3 Å². The summed E-state index contributed by atoms with van der Waals surface area (Å²) in [6, 6.07) is 13.9. The molecule has 0 spiro atoms. The van der Waals surface area contributed by atoms with Gasteiger partial charge in [-0.2, -0.15) is 0 Å². The highest BCUT2D eigenvalue weighted by Crippen LogP contribution is 2.26. The summed E-state index contributed by atoms with van der Waals surface area (Å²) in [5.74, 6) is 1.74. The number of furan rings is 1. The van der Waals surface area contributed by atoms with Gasteiger partial charge < -0.3 is 9.73 Å². The Bertz CT molecular complexity index is 757. The molecule has 0 unspecified atom stereocenters. The van der Waals surface area contributed by atoms with Crippen LogP contribution in [-0.4, -0.2) is 4.98 Å². The van der Waals surface area contributed by atoms with Crippen LogP contribution in [0, 0.1) is 6.92 Å². The number of nitrogens with zero attached hydrogens (tertiary/aromatic N) is 1. The van der Waals surface area contributed by atoms with Crippen LogP contribution in [0.4, 0.5) is 0 Å². The average Bonchev–Trinajstić information content (AvgIpc) is 3.00. The number of aromatic nitrogens is 1. The summed E-state index contributed by atoms with van der Waals surface area (Å²) in [4.78, 5) is 4.00. The smallest absolute Gasteiger partial charge is 0.134 e. The molecule has 0 aliphatic rings. The molecule has 0 aliphatic heterocycles. The van der Waals surface area contributed by atoms with E-state index in [1.54, 1.807) is 12.4 Å². The monoisotopic (exact) mass is 348 g/mol. The highest BCUT2D eigenvalue weighted by Gasteiger charge is 2.06. The van der Waals surface area contributed by atoms with Crippen LogP contribution in [0.1, 0.15) is 16.9 Å². The molecule has 5 heteroatoms. The first-order valence-electron chi connectivity index (χ1n) is 7.17. The summed E-state index contributed by atoms with van der Waals surface area (Å²) in [6.45, 7) is 3.46. The molecule has 3 aromatic rings. The molecule has 23 heavy (non-hydrogen) atoms. The predicted octanol–water partition coefficient (Wildman–Crippen LogP) is 5.02. The van der Waals surface area contributed by atoms with E-state index in [-0.39, 0.29) is 12.4 Å². The van der Waals surface area contributed by atoms with Crippen LogP contribution in [0.5, 0.6) is 0 Å². The van der Waals surface area contributed by atoms with Crippen molar-refractivity contribution in [1.82, 2.24) is 10.3 Å². The molecule has 0 saturated carbocycles. The van der Waals surface area contributed by atoms with Crippen LogP contribution < -0.4 is 5.32 Å². The van der Waals surface area contributed by atoms with Crippen molar-refractivity contribution in [3.05, 3.63) is 76.8 Å². The van der Waals surface area contributed by atoms with Crippen molar-refractivity contribution in [3.8, 4) is 11.3 Å². The van der Waals surface area contributed by atoms with Crippen molar-refractivity contribution >= 4 is 24.0 Å². The first-order valence-corrected chi connectivity index (χ1v) is 7.55. The van der Waals surface area contributed by atoms with E-state index in [9.17, 15) is 0 Å². The number of halogens is 2. The number of hydrogen-bond donors (Lipinski definition) is 1. The zero-order chi connectivity index (χ0) is 15.4. The summed E-state index contributed by atoms with van der Waals surface area (Å²) in [7, 11) is 0. The quantitative estimate of drug-likeness (QED) is 0.703. The van der Waals surface area contributed by atoms with E-state index < -0.39 is 0 Å². The number of hydrogen-bond acceptors (Lipinski definition) is 3. The zero-order valence-electron chi connectivity index (χ0n) is 12.8. The second-order valence-electron chi connectivity index (χ2n) is 5.19. The van der Waals surface area contributed by atoms with Gasteiger partial charge in [-0.3, -0.25) is 4.98 Å². The van der Waals surface area contributed by atoms with E-state index in [0.717, 1.165) is 34.2 Å². The third-order valence-corrected chi connectivity index (χ3v) is 3.90. The zero-order valence-corrected chi connectivity index (χ0v) is 14.3. The minimum atomic E-state index is 0. The van der Waals surface area contributed by atoms with E-state index in [1.165, 1.54) is 5.56 Å². The maximum absolute atomic E-state index is 6.16. The molecule has 2 aromatic heterocycles. The van der Waals surface area contributed by atoms with E-state index in [1.807, 2.05) is 49.4 Å². The lowest BCUT2D eigenvalue weighted by molar-refractivity contribution is 0.493. The van der Waals surface area contributed by atoms with Gasteiger partial charge in [0, 0.05) is 29.5 Å². The third kappa shape index (κ3) is 4.58. The maximum Gasteiger partial charge on any atom is 0.134 e. The molecular formula is C18H18Cl2N2O. The van der Waals surface area contributed by atoms with Crippen LogP contribution in [0.25, 0.3) is 11.3 Å². The first kappa shape index (κ1) is 17.5. The topological polar surface area (TPSA) is 38.1 Å². The molecule has 1 aromatic carbocycles. The molecule has 0 radical (unpaired) electrons. The first-order chi connectivity index (χ1) is 10.7. The van der Waals surface area contributed by atoms with Gasteiger partial charge in [-0.15, -0.1) is 12.4 Å². The molecule has 0 atom stereocenters. The third-order valence-electron chi connectivity index (χ3n) is 3.50. The fourth-order valence-corrected chi connectivity index (χ4v) is 2.39. The van der Waals surface area contributed by atoms with Gasteiger partial charge in [-0.1, -0.05) is 23.7 Å². The maximum atomic E-state index is 6.16. The van der Waals surface area contributed by atoms with Crippen LogP contribution >= 0.6 is 24.0 Å². The Balaban J connectivity index is 0.00000192. The van der Waals surface area contributed by atoms with E-state index in [0.29, 0.717) is 6.54 Å². The van der Waals surface area contributed by atoms with Gasteiger partial charge in [0.1, 0.15) is 11.5 Å². The van der Waals surface area contributed by atoms with Crippen LogP contribution in [-0.2, 0) is 13.1 Å². The highest BCUT2D eigenvalue weighted by atomic mass is 35.5. The summed E-state index contributed by atoms with van der Waals surface area (Å²) in [5.41, 5.74) is 3.26. The van der Waals surface area contributed by atoms with Crippen molar-refractivity contribution in [3.63, 3.8) is 0 Å². The molecule has 0 saturated heterocycles. The van der Waals surface area contributed by atoms with Gasteiger partial charge >= 0.3 is 0 Å². The van der Waals surface area contributed by atoms with Gasteiger partial charge in [-0.05, 0) is 48.4 Å². The molecule has 1 N–H and O–H groups in total. The molecule has 0 bridgehead atoms. The number of pyridine rings is 1. The second kappa shape index (κ2) is 8.16. The normalized spacial score (nSPS) is 10.3. The summed E-state index contributed by atoms with van der Waals surface area (Å²) >= 11 is 6.16. The number of rotatable bonds is 5. The van der Waals surface area contributed by atoms with Crippen molar-refractivity contribution in [2.45, 2.75) is 20.0 Å². The largest absolute Gasteiger partial charge is 0.460 e. The van der Waals surface area contributed by atoms with Crippen LogP contribution in [0.3, 0.4) is 0 Å². The molecule has 0 aliphatic carbocycles. The summed E-state index contributed by atoms with van der Waals surface area (Å²) < 4.78 is 5.87. The van der Waals surface area contributed by atoms with E-state index in [4.69, 9.17) is 16.0 Å². The van der Waals surface area contributed by atoms with Crippen LogP contribution in [0.2, 0.25) is 5.02 Å². The van der Waals surface area contributed by atoms with Crippen molar-refractivity contribution in [2.75, 3.05) is 0 Å². The molecule has 3 nitrogen and oxygen atoms in total. The lowest BCUT2D eigenvalue weighted by Crippen LogP contribution is -2.11. The average molecular weight is 349 g/mol. The highest BCUT2D eigenvalue weighted by molar-refractivity contribution is 6.31. The Morgan fingerprint density at radius 3 is 2.57 bits per heavy atom. The van der Waals surface area contributed by atoms with Crippen molar-refractivity contribution in [1.29, 1.82) is 0 Å². The lowest BCUT2D eigenvalue weighted by Gasteiger charge is -2.03. The second-order valence-corrected chi connectivity index (χ2v) is 5.60. The van der Waals surface area contributed by atoms with Crippen LogP contribution in [0.15, 0.2) is 59.3 Å². The molecule has 2 heterocycles. The standard InChI is InChI=1S/C18H17ClN2O.ClH/c1-13-2-3-15(10-17(13)19)18-5-4-16(22-18)12-21-11-14-6-8-20-9-7-14;/h2-10,21H,11-12H2,1H3;1H. The number of nitrogens with one attached hydrogen (secondary N) is 1. The number of benzene rings is 1. The van der Waals surface area contributed by atoms with Gasteiger partial charge in [0.2, 0.25) is 0 Å². The number of aryl methyl sites for hydroxylation is 1. The molecule has 3 rings (SSSR count). The van der Waals surface area contributed by atoms with E-state index >= 15 is 0 Å². The Hall–Kier alpha value is -1.81. The molecule has 120 valence electrons. The van der Waals surface area contributed by atoms with Crippen molar-refractivity contribution in [2.24, 2.45) is 0 Å². The predicted molar refractivity (Wildman–Crippen MR) is 95.9 cm³/mol. The summed E-state index contributed by atoms with van der Waals surface area (Å²) in [6.07, 6.45) is 3.59. The Morgan fingerprint density at radius 1 is 1.04 bits per heavy atom. The molecule has 0 fully saturated rings. The molecular weight excluding hydrogens is 331 g/mol. The fourth-order valence-electron chi connectivity index (χ4n) is 2.20. The Kier molecular flexibility index (Phi) is 6.22. The Morgan fingerprint density at radius 2 is 1.83 bits per heavy atom. The molecule has 0 amide bonds. The SMILES string of the molecule is Cc1ccc(-c2ccc(CNCc3ccncc3)o2)cc1Cl.Cl. The fraction of sp³-hybridized carbons (Fsp3) is 0.167. The van der Waals surface area contributed by atoms with Gasteiger partial charge in [0.15, 0.2) is 0 Å². The van der Waals surface area contributed by atoms with Gasteiger partial charge in [-0.25, -0.2) is 0 Å². The minimum Gasteiger partial charge on any atom is -0.460 e. The summed E-state index contributed by atoms with van der Waals surface area (Å²) in [5, 5.41) is 4.11. The van der Waals surface area contributed by atoms with Gasteiger partial charge in [0.05, 0.1) is 6.54 Å². The minimum absolute atomic E-state index is 0. The lowest BCUT2D eigenvalue weighted by atomic mass is 10.1. The van der Waals surface area contributed by atoms with Gasteiger partial charge in [0.25, 0.3) is 0 Å². The van der Waals surface area contributed by atoms with Crippen molar-refractivity contribution < 1.29 is 4.42 Å². The Labute approximate surface area is 147 Å².